The Morgan fingerprint density at radius 1 is 0.926 bits per heavy atom. The fraction of sp³-hybridized carbons (Fsp3) is 0.143. The average Bonchev–Trinajstić information content (AvgIpc) is 2.66. The molecule has 3 aromatic rings. The second-order valence-corrected chi connectivity index (χ2v) is 6.69. The summed E-state index contributed by atoms with van der Waals surface area (Å²) in [5, 5.41) is 4.23. The molecule has 1 N–H and O–H groups in total. The molecule has 0 saturated heterocycles. The van der Waals surface area contributed by atoms with E-state index < -0.39 is 0 Å². The number of rotatable bonds is 7. The molecule has 0 fully saturated rings. The molecule has 0 aliphatic heterocycles. The first-order valence-corrected chi connectivity index (χ1v) is 9.04. The molecule has 0 atom stereocenters. The molecule has 6 heteroatoms. The maximum Gasteiger partial charge on any atom is 0.137 e. The fourth-order valence-electron chi connectivity index (χ4n) is 2.48. The van der Waals surface area contributed by atoms with Gasteiger partial charge in [0.2, 0.25) is 0 Å². The highest BCUT2D eigenvalue weighted by Crippen LogP contribution is 2.27. The van der Waals surface area contributed by atoms with Crippen LogP contribution < -0.4 is 14.8 Å². The first kappa shape index (κ1) is 19.3. The van der Waals surface area contributed by atoms with Gasteiger partial charge in [0.05, 0.1) is 17.2 Å². The Kier molecular flexibility index (Phi) is 6.43. The number of hydrogen-bond donors (Lipinski definition) is 1. The van der Waals surface area contributed by atoms with Crippen LogP contribution in [0.2, 0.25) is 10.0 Å². The Morgan fingerprint density at radius 3 is 2.37 bits per heavy atom. The van der Waals surface area contributed by atoms with Crippen LogP contribution in [-0.2, 0) is 13.2 Å². The van der Waals surface area contributed by atoms with Crippen molar-refractivity contribution in [1.29, 1.82) is 0 Å². The van der Waals surface area contributed by atoms with Crippen molar-refractivity contribution in [2.24, 2.45) is 0 Å². The molecule has 0 aromatic heterocycles. The summed E-state index contributed by atoms with van der Waals surface area (Å²) < 4.78 is 23.9. The van der Waals surface area contributed by atoms with Gasteiger partial charge in [-0.2, -0.15) is 0 Å². The highest BCUT2D eigenvalue weighted by atomic mass is 35.5. The zero-order chi connectivity index (χ0) is 19.2. The van der Waals surface area contributed by atoms with Gasteiger partial charge in [0.1, 0.15) is 23.9 Å². The van der Waals surface area contributed by atoms with Crippen LogP contribution in [0.25, 0.3) is 0 Å². The van der Waals surface area contributed by atoms with Crippen molar-refractivity contribution >= 4 is 28.9 Å². The first-order valence-electron chi connectivity index (χ1n) is 8.28. The van der Waals surface area contributed by atoms with Crippen LogP contribution in [0.5, 0.6) is 11.5 Å². The molecule has 140 valence electrons. The minimum atomic E-state index is -0.362. The lowest BCUT2D eigenvalue weighted by Gasteiger charge is -2.11. The summed E-state index contributed by atoms with van der Waals surface area (Å²) in [6, 6.07) is 17.5. The Bertz CT molecular complexity index is 917. The van der Waals surface area contributed by atoms with E-state index in [-0.39, 0.29) is 12.4 Å². The van der Waals surface area contributed by atoms with Crippen LogP contribution in [-0.4, -0.2) is 7.11 Å². The summed E-state index contributed by atoms with van der Waals surface area (Å²) in [7, 11) is 1.59. The summed E-state index contributed by atoms with van der Waals surface area (Å²) in [6.45, 7) is 0.924. The van der Waals surface area contributed by atoms with E-state index in [0.29, 0.717) is 28.1 Å². The van der Waals surface area contributed by atoms with Crippen molar-refractivity contribution in [2.75, 3.05) is 12.4 Å². The van der Waals surface area contributed by atoms with Gasteiger partial charge in [-0.05, 0) is 48.0 Å². The van der Waals surface area contributed by atoms with Crippen molar-refractivity contribution in [3.05, 3.63) is 87.7 Å². The molecule has 0 aliphatic rings. The van der Waals surface area contributed by atoms with E-state index in [2.05, 4.69) is 5.32 Å². The molecule has 27 heavy (non-hydrogen) atoms. The molecule has 3 rings (SSSR count). The lowest BCUT2D eigenvalue weighted by molar-refractivity contribution is 0.306. The molecule has 0 unspecified atom stereocenters. The normalized spacial score (nSPS) is 10.5. The SMILES string of the molecule is COc1ccc(NCc2ccc(OCc3ccc(F)cc3Cl)cc2)cc1Cl. The van der Waals surface area contributed by atoms with Gasteiger partial charge in [-0.3, -0.25) is 0 Å². The zero-order valence-electron chi connectivity index (χ0n) is 14.6. The topological polar surface area (TPSA) is 30.5 Å². The van der Waals surface area contributed by atoms with E-state index in [4.69, 9.17) is 32.7 Å². The van der Waals surface area contributed by atoms with Gasteiger partial charge >= 0.3 is 0 Å². The first-order chi connectivity index (χ1) is 13.0. The minimum absolute atomic E-state index is 0.279. The Balaban J connectivity index is 1.54. The van der Waals surface area contributed by atoms with E-state index in [1.807, 2.05) is 42.5 Å². The fourth-order valence-corrected chi connectivity index (χ4v) is 2.96. The van der Waals surface area contributed by atoms with Crippen LogP contribution in [0.1, 0.15) is 11.1 Å². The summed E-state index contributed by atoms with van der Waals surface area (Å²) in [5.74, 6) is 0.996. The number of nitrogens with one attached hydrogen (secondary N) is 1. The van der Waals surface area contributed by atoms with Gasteiger partial charge in [0.25, 0.3) is 0 Å². The predicted molar refractivity (Wildman–Crippen MR) is 108 cm³/mol. The summed E-state index contributed by atoms with van der Waals surface area (Å²) in [5.41, 5.74) is 2.74. The van der Waals surface area contributed by atoms with Crippen molar-refractivity contribution in [3.8, 4) is 11.5 Å². The van der Waals surface area contributed by atoms with Crippen LogP contribution >= 0.6 is 23.2 Å². The Labute approximate surface area is 167 Å². The maximum absolute atomic E-state index is 13.1. The summed E-state index contributed by atoms with van der Waals surface area (Å²) >= 11 is 12.1. The van der Waals surface area contributed by atoms with Crippen molar-refractivity contribution in [1.82, 2.24) is 0 Å². The van der Waals surface area contributed by atoms with Gasteiger partial charge < -0.3 is 14.8 Å². The Hall–Kier alpha value is -2.43. The lowest BCUT2D eigenvalue weighted by Crippen LogP contribution is -2.00. The third kappa shape index (κ3) is 5.28. The standard InChI is InChI=1S/C21H18Cl2FNO2/c1-26-21-9-6-17(11-20(21)23)25-12-14-2-7-18(8-3-14)27-13-15-4-5-16(24)10-19(15)22/h2-11,25H,12-13H2,1H3. The van der Waals surface area contributed by atoms with Crippen LogP contribution in [0, 0.1) is 5.82 Å². The van der Waals surface area contributed by atoms with Crippen molar-refractivity contribution < 1.29 is 13.9 Å². The summed E-state index contributed by atoms with van der Waals surface area (Å²) in [6.07, 6.45) is 0. The van der Waals surface area contributed by atoms with E-state index in [0.717, 1.165) is 16.8 Å². The van der Waals surface area contributed by atoms with Gasteiger partial charge in [0, 0.05) is 17.8 Å². The van der Waals surface area contributed by atoms with Gasteiger partial charge in [-0.15, -0.1) is 0 Å². The predicted octanol–water partition coefficient (Wildman–Crippen LogP) is 6.33. The molecular formula is C21H18Cl2FNO2. The van der Waals surface area contributed by atoms with Gasteiger partial charge in [-0.1, -0.05) is 41.4 Å². The molecule has 0 heterocycles. The number of anilines is 1. The van der Waals surface area contributed by atoms with E-state index >= 15 is 0 Å². The highest BCUT2D eigenvalue weighted by molar-refractivity contribution is 6.32. The van der Waals surface area contributed by atoms with Crippen molar-refractivity contribution in [2.45, 2.75) is 13.2 Å². The molecule has 0 radical (unpaired) electrons. The van der Waals surface area contributed by atoms with Crippen LogP contribution in [0.4, 0.5) is 10.1 Å². The lowest BCUT2D eigenvalue weighted by atomic mass is 10.2. The minimum Gasteiger partial charge on any atom is -0.495 e. The third-order valence-electron chi connectivity index (χ3n) is 3.98. The smallest absolute Gasteiger partial charge is 0.137 e. The largest absolute Gasteiger partial charge is 0.495 e. The van der Waals surface area contributed by atoms with E-state index in [1.54, 1.807) is 13.2 Å². The summed E-state index contributed by atoms with van der Waals surface area (Å²) in [4.78, 5) is 0. The number of ether oxygens (including phenoxy) is 2. The van der Waals surface area contributed by atoms with E-state index in [9.17, 15) is 4.39 Å². The molecule has 3 nitrogen and oxygen atoms in total. The molecule has 0 amide bonds. The van der Waals surface area contributed by atoms with E-state index in [1.165, 1.54) is 12.1 Å². The van der Waals surface area contributed by atoms with Crippen LogP contribution in [0.3, 0.4) is 0 Å². The number of hydrogen-bond acceptors (Lipinski definition) is 3. The second kappa shape index (κ2) is 8.98. The molecule has 0 saturated carbocycles. The monoisotopic (exact) mass is 405 g/mol. The molecule has 0 spiro atoms. The number of halogens is 3. The van der Waals surface area contributed by atoms with Gasteiger partial charge in [-0.25, -0.2) is 4.39 Å². The molecular weight excluding hydrogens is 388 g/mol. The quantitative estimate of drug-likeness (QED) is 0.497. The molecule has 0 bridgehead atoms. The maximum atomic E-state index is 13.1. The Morgan fingerprint density at radius 2 is 1.70 bits per heavy atom. The third-order valence-corrected chi connectivity index (χ3v) is 4.63. The zero-order valence-corrected chi connectivity index (χ0v) is 16.1. The van der Waals surface area contributed by atoms with Crippen molar-refractivity contribution in [3.63, 3.8) is 0 Å². The number of benzene rings is 3. The van der Waals surface area contributed by atoms with Gasteiger partial charge in [0.15, 0.2) is 0 Å². The second-order valence-electron chi connectivity index (χ2n) is 5.87. The highest BCUT2D eigenvalue weighted by Gasteiger charge is 2.04. The number of methoxy groups -OCH3 is 1. The molecule has 3 aromatic carbocycles. The average molecular weight is 406 g/mol. The molecule has 0 aliphatic carbocycles. The van der Waals surface area contributed by atoms with Crippen LogP contribution in [0.15, 0.2) is 60.7 Å².